The van der Waals surface area contributed by atoms with Crippen molar-refractivity contribution in [2.75, 3.05) is 16.8 Å². The summed E-state index contributed by atoms with van der Waals surface area (Å²) in [6.45, 7) is 3.67. The van der Waals surface area contributed by atoms with Crippen molar-refractivity contribution in [3.8, 4) is 0 Å². The molecule has 2 heterocycles. The maximum Gasteiger partial charge on any atom is 0.263 e. The summed E-state index contributed by atoms with van der Waals surface area (Å²) < 4.78 is 0. The van der Waals surface area contributed by atoms with Gasteiger partial charge in [-0.1, -0.05) is 35.6 Å². The van der Waals surface area contributed by atoms with Crippen molar-refractivity contribution in [1.29, 1.82) is 0 Å². The number of amides is 3. The lowest BCUT2D eigenvalue weighted by atomic mass is 10.1. The Labute approximate surface area is 161 Å². The van der Waals surface area contributed by atoms with Crippen LogP contribution in [0.1, 0.15) is 11.1 Å². The Morgan fingerprint density at radius 3 is 2.57 bits per heavy atom. The number of nitrogens with zero attached hydrogens (tertiary/aromatic N) is 4. The van der Waals surface area contributed by atoms with Gasteiger partial charge < -0.3 is 5.32 Å². The van der Waals surface area contributed by atoms with Crippen molar-refractivity contribution in [2.45, 2.75) is 25.9 Å². The summed E-state index contributed by atoms with van der Waals surface area (Å²) >= 11 is 0. The summed E-state index contributed by atoms with van der Waals surface area (Å²) in [5.74, 6) is -1.18. The molecule has 28 heavy (non-hydrogen) atoms. The summed E-state index contributed by atoms with van der Waals surface area (Å²) in [7, 11) is 0. The van der Waals surface area contributed by atoms with Gasteiger partial charge in [0.2, 0.25) is 5.91 Å². The van der Waals surface area contributed by atoms with E-state index in [1.807, 2.05) is 32.0 Å². The van der Waals surface area contributed by atoms with Gasteiger partial charge in [-0.3, -0.25) is 19.4 Å². The molecule has 0 spiro atoms. The van der Waals surface area contributed by atoms with E-state index in [-0.39, 0.29) is 12.5 Å². The van der Waals surface area contributed by atoms with Gasteiger partial charge in [0, 0.05) is 5.69 Å². The molecule has 142 valence electrons. The quantitative estimate of drug-likeness (QED) is 0.827. The van der Waals surface area contributed by atoms with Gasteiger partial charge in [-0.15, -0.1) is 0 Å². The highest BCUT2D eigenvalue weighted by molar-refractivity contribution is 6.25. The number of anilines is 2. The number of hydrogen-bond acceptors (Lipinski definition) is 6. The molecule has 4 rings (SSSR count). The van der Waals surface area contributed by atoms with Crippen molar-refractivity contribution >= 4 is 29.1 Å². The van der Waals surface area contributed by atoms with Crippen LogP contribution in [0, 0.1) is 13.8 Å². The third-order valence-electron chi connectivity index (χ3n) is 4.85. The van der Waals surface area contributed by atoms with Crippen molar-refractivity contribution in [2.24, 2.45) is 10.3 Å². The Morgan fingerprint density at radius 1 is 1.07 bits per heavy atom. The van der Waals surface area contributed by atoms with E-state index in [0.717, 1.165) is 16.0 Å². The van der Waals surface area contributed by atoms with Gasteiger partial charge in [-0.2, -0.15) is 5.11 Å². The van der Waals surface area contributed by atoms with E-state index in [1.54, 1.807) is 30.3 Å². The lowest BCUT2D eigenvalue weighted by Crippen LogP contribution is -2.43. The van der Waals surface area contributed by atoms with Gasteiger partial charge in [-0.05, 0) is 43.2 Å². The fourth-order valence-corrected chi connectivity index (χ4v) is 3.39. The monoisotopic (exact) mass is 377 g/mol. The van der Waals surface area contributed by atoms with Crippen LogP contribution in [0.5, 0.6) is 0 Å². The topological polar surface area (TPSA) is 94.4 Å². The van der Waals surface area contributed by atoms with E-state index in [9.17, 15) is 14.4 Å². The number of hydrogen-bond donors (Lipinski definition) is 1. The summed E-state index contributed by atoms with van der Waals surface area (Å²) in [6, 6.07) is 12.6. The number of nitrogens with one attached hydrogen (secondary N) is 1. The van der Waals surface area contributed by atoms with Crippen molar-refractivity contribution in [1.82, 2.24) is 5.01 Å². The second-order valence-electron chi connectivity index (χ2n) is 6.91. The Bertz CT molecular complexity index is 989. The summed E-state index contributed by atoms with van der Waals surface area (Å²) in [5, 5.41) is 12.0. The van der Waals surface area contributed by atoms with Gasteiger partial charge in [0.25, 0.3) is 11.8 Å². The van der Waals surface area contributed by atoms with Crippen LogP contribution in [0.25, 0.3) is 0 Å². The zero-order chi connectivity index (χ0) is 19.8. The molecule has 2 atom stereocenters. The molecule has 0 saturated carbocycles. The third kappa shape index (κ3) is 3.02. The molecule has 2 aromatic carbocycles. The summed E-state index contributed by atoms with van der Waals surface area (Å²) in [5.41, 5.74) is 3.15. The fourth-order valence-electron chi connectivity index (χ4n) is 3.39. The van der Waals surface area contributed by atoms with Crippen LogP contribution in [0.4, 0.5) is 11.4 Å². The molecular formula is C20H19N5O3. The third-order valence-corrected chi connectivity index (χ3v) is 4.85. The van der Waals surface area contributed by atoms with Crippen molar-refractivity contribution in [3.05, 3.63) is 59.7 Å². The molecule has 0 unspecified atom stereocenters. The first kappa shape index (κ1) is 17.8. The molecule has 1 saturated heterocycles. The van der Waals surface area contributed by atoms with Gasteiger partial charge >= 0.3 is 0 Å². The van der Waals surface area contributed by atoms with E-state index < -0.39 is 23.9 Å². The highest BCUT2D eigenvalue weighted by atomic mass is 16.2. The molecule has 2 aliphatic heterocycles. The predicted octanol–water partition coefficient (Wildman–Crippen LogP) is 2.24. The number of aryl methyl sites for hydroxylation is 2. The average Bonchev–Trinajstić information content (AvgIpc) is 3.19. The first-order valence-corrected chi connectivity index (χ1v) is 8.93. The highest BCUT2D eigenvalue weighted by Gasteiger charge is 2.55. The Hall–Kier alpha value is -3.55. The second kappa shape index (κ2) is 6.88. The lowest BCUT2D eigenvalue weighted by Gasteiger charge is -2.20. The van der Waals surface area contributed by atoms with Crippen LogP contribution >= 0.6 is 0 Å². The van der Waals surface area contributed by atoms with Crippen molar-refractivity contribution < 1.29 is 14.4 Å². The Balaban J connectivity index is 1.49. The van der Waals surface area contributed by atoms with Gasteiger partial charge in [0.15, 0.2) is 12.1 Å². The maximum absolute atomic E-state index is 12.9. The van der Waals surface area contributed by atoms with E-state index >= 15 is 0 Å². The molecule has 8 heteroatoms. The lowest BCUT2D eigenvalue weighted by molar-refractivity contribution is -0.123. The zero-order valence-corrected chi connectivity index (χ0v) is 15.5. The minimum absolute atomic E-state index is 0.167. The van der Waals surface area contributed by atoms with Crippen LogP contribution in [-0.4, -0.2) is 41.4 Å². The van der Waals surface area contributed by atoms with Crippen LogP contribution in [-0.2, 0) is 14.4 Å². The molecule has 1 fully saturated rings. The van der Waals surface area contributed by atoms with Crippen LogP contribution < -0.4 is 10.2 Å². The summed E-state index contributed by atoms with van der Waals surface area (Å²) in [6.07, 6.45) is 0. The molecule has 0 bridgehead atoms. The van der Waals surface area contributed by atoms with E-state index in [2.05, 4.69) is 15.7 Å². The number of fused-ring (bicyclic) bond motifs is 1. The molecule has 8 nitrogen and oxygen atoms in total. The Morgan fingerprint density at radius 2 is 1.82 bits per heavy atom. The van der Waals surface area contributed by atoms with Crippen LogP contribution in [0.2, 0.25) is 0 Å². The maximum atomic E-state index is 12.9. The zero-order valence-electron chi connectivity index (χ0n) is 15.5. The van der Waals surface area contributed by atoms with Gasteiger partial charge in [0.1, 0.15) is 6.54 Å². The van der Waals surface area contributed by atoms with E-state index in [4.69, 9.17) is 0 Å². The molecule has 0 aromatic heterocycles. The Kier molecular flexibility index (Phi) is 4.38. The molecule has 3 amide bonds. The van der Waals surface area contributed by atoms with Crippen molar-refractivity contribution in [3.63, 3.8) is 0 Å². The largest absolute Gasteiger partial charge is 0.324 e. The standard InChI is InChI=1S/C20H19N5O3/c1-12-8-9-13(2)15(10-12)21-16(26)11-24-18-17(22-23-24)19(27)25(20(18)28)14-6-4-3-5-7-14/h3-10,17-18H,11H2,1-2H3,(H,21,26)/t17-,18-/m0/s1. The van der Waals surface area contributed by atoms with Crippen LogP contribution in [0.15, 0.2) is 58.9 Å². The number of para-hydroxylation sites is 1. The van der Waals surface area contributed by atoms with Crippen LogP contribution in [0.3, 0.4) is 0 Å². The average molecular weight is 377 g/mol. The van der Waals surface area contributed by atoms with Gasteiger partial charge in [-0.25, -0.2) is 4.90 Å². The smallest absolute Gasteiger partial charge is 0.263 e. The number of carbonyl (C=O) groups is 3. The minimum atomic E-state index is -0.916. The minimum Gasteiger partial charge on any atom is -0.324 e. The molecule has 1 N–H and O–H groups in total. The molecular weight excluding hydrogens is 358 g/mol. The fraction of sp³-hybridized carbons (Fsp3) is 0.250. The molecule has 0 aliphatic carbocycles. The van der Waals surface area contributed by atoms with E-state index in [1.165, 1.54) is 5.01 Å². The second-order valence-corrected chi connectivity index (χ2v) is 6.91. The summed E-state index contributed by atoms with van der Waals surface area (Å²) in [4.78, 5) is 39.1. The normalized spacial score (nSPS) is 20.6. The highest BCUT2D eigenvalue weighted by Crippen LogP contribution is 2.31. The molecule has 2 aromatic rings. The van der Waals surface area contributed by atoms with Gasteiger partial charge in [0.05, 0.1) is 5.69 Å². The first-order valence-electron chi connectivity index (χ1n) is 8.93. The number of imide groups is 1. The number of benzene rings is 2. The number of rotatable bonds is 4. The molecule has 2 aliphatic rings. The van der Waals surface area contributed by atoms with E-state index in [0.29, 0.717) is 11.4 Å². The molecule has 0 radical (unpaired) electrons. The first-order chi connectivity index (χ1) is 13.5. The number of carbonyl (C=O) groups excluding carboxylic acids is 3. The SMILES string of the molecule is Cc1ccc(C)c(NC(=O)CN2N=N[C@@H]3C(=O)N(c4ccccc4)C(=O)[C@H]32)c1. The predicted molar refractivity (Wildman–Crippen MR) is 103 cm³/mol.